The lowest BCUT2D eigenvalue weighted by molar-refractivity contribution is 0.748. The van der Waals surface area contributed by atoms with E-state index in [0.29, 0.717) is 10.0 Å². The zero-order chi connectivity index (χ0) is 14.8. The Kier molecular flexibility index (Phi) is 4.55. The Labute approximate surface area is 137 Å². The molecule has 21 heavy (non-hydrogen) atoms. The smallest absolute Gasteiger partial charge is 0.0662 e. The van der Waals surface area contributed by atoms with E-state index in [0.717, 1.165) is 42.4 Å². The van der Waals surface area contributed by atoms with Crippen LogP contribution in [0.2, 0.25) is 10.0 Å². The first kappa shape index (κ1) is 14.9. The Bertz CT molecular complexity index is 747. The number of aromatic nitrogens is 1. The molecule has 2 aromatic heterocycles. The van der Waals surface area contributed by atoms with Crippen LogP contribution in [0.25, 0.3) is 21.5 Å². The molecule has 0 aliphatic heterocycles. The van der Waals surface area contributed by atoms with E-state index in [2.05, 4.69) is 22.5 Å². The van der Waals surface area contributed by atoms with Crippen molar-refractivity contribution in [2.75, 3.05) is 6.54 Å². The van der Waals surface area contributed by atoms with E-state index in [1.807, 2.05) is 6.07 Å². The molecule has 0 fully saturated rings. The molecule has 5 heteroatoms. The summed E-state index contributed by atoms with van der Waals surface area (Å²) in [7, 11) is 0. The molecular formula is C16H16Cl2N2S. The Morgan fingerprint density at radius 1 is 1.19 bits per heavy atom. The third-order valence-corrected chi connectivity index (χ3v) is 4.98. The second-order valence-electron chi connectivity index (χ2n) is 5.01. The van der Waals surface area contributed by atoms with E-state index in [-0.39, 0.29) is 0 Å². The fourth-order valence-electron chi connectivity index (χ4n) is 2.61. The van der Waals surface area contributed by atoms with E-state index in [1.165, 1.54) is 10.4 Å². The number of aromatic amines is 1. The van der Waals surface area contributed by atoms with Gasteiger partial charge in [0.15, 0.2) is 0 Å². The fraction of sp³-hybridized carbons (Fsp3) is 0.250. The number of thiophene rings is 1. The molecule has 2 nitrogen and oxygen atoms in total. The lowest BCUT2D eigenvalue weighted by Crippen LogP contribution is -1.99. The average molecular weight is 339 g/mol. The maximum Gasteiger partial charge on any atom is 0.0662 e. The van der Waals surface area contributed by atoms with Gasteiger partial charge in [0.2, 0.25) is 0 Å². The van der Waals surface area contributed by atoms with Crippen molar-refractivity contribution < 1.29 is 0 Å². The van der Waals surface area contributed by atoms with Crippen molar-refractivity contribution >= 4 is 45.4 Å². The van der Waals surface area contributed by atoms with Gasteiger partial charge < -0.3 is 10.7 Å². The van der Waals surface area contributed by atoms with Crippen LogP contribution in [-0.2, 0) is 6.42 Å². The number of unbranched alkanes of at least 4 members (excludes halogenated alkanes) is 1. The molecular weight excluding hydrogens is 323 g/mol. The van der Waals surface area contributed by atoms with Gasteiger partial charge in [-0.25, -0.2) is 0 Å². The van der Waals surface area contributed by atoms with E-state index < -0.39 is 0 Å². The van der Waals surface area contributed by atoms with Crippen LogP contribution in [0.5, 0.6) is 0 Å². The van der Waals surface area contributed by atoms with Gasteiger partial charge in [0.1, 0.15) is 0 Å². The van der Waals surface area contributed by atoms with E-state index >= 15 is 0 Å². The second-order valence-corrected chi connectivity index (χ2v) is 6.80. The van der Waals surface area contributed by atoms with Crippen LogP contribution in [0.3, 0.4) is 0 Å². The summed E-state index contributed by atoms with van der Waals surface area (Å²) in [5.41, 5.74) is 9.02. The van der Waals surface area contributed by atoms with Crippen molar-refractivity contribution in [3.8, 4) is 10.6 Å². The summed E-state index contributed by atoms with van der Waals surface area (Å²) in [4.78, 5) is 4.70. The number of nitrogens with two attached hydrogens (primary N) is 1. The van der Waals surface area contributed by atoms with Crippen molar-refractivity contribution in [2.45, 2.75) is 19.3 Å². The van der Waals surface area contributed by atoms with Crippen LogP contribution in [0.4, 0.5) is 0 Å². The normalized spacial score (nSPS) is 11.4. The quantitative estimate of drug-likeness (QED) is 0.594. The Hall–Kier alpha value is -1.00. The van der Waals surface area contributed by atoms with Gasteiger partial charge in [0.25, 0.3) is 0 Å². The topological polar surface area (TPSA) is 41.8 Å². The van der Waals surface area contributed by atoms with Gasteiger partial charge in [-0.2, -0.15) is 0 Å². The number of hydrogen-bond acceptors (Lipinski definition) is 2. The summed E-state index contributed by atoms with van der Waals surface area (Å²) < 4.78 is 0. The second kappa shape index (κ2) is 6.41. The lowest BCUT2D eigenvalue weighted by Gasteiger charge is -2.03. The number of nitrogens with one attached hydrogen (secondary N) is 1. The van der Waals surface area contributed by atoms with E-state index in [4.69, 9.17) is 28.9 Å². The molecule has 3 N–H and O–H groups in total. The molecule has 3 rings (SSSR count). The molecule has 0 aliphatic carbocycles. The highest BCUT2D eigenvalue weighted by Gasteiger charge is 2.16. The van der Waals surface area contributed by atoms with Crippen molar-refractivity contribution in [1.82, 2.24) is 4.98 Å². The van der Waals surface area contributed by atoms with Gasteiger partial charge >= 0.3 is 0 Å². The van der Waals surface area contributed by atoms with Crippen molar-refractivity contribution in [2.24, 2.45) is 5.73 Å². The SMILES string of the molecule is NCCCCc1c(-c2cccs2)[nH]c2c(Cl)cc(Cl)cc12. The molecule has 0 unspecified atom stereocenters. The third-order valence-electron chi connectivity index (χ3n) is 3.58. The van der Waals surface area contributed by atoms with E-state index in [1.54, 1.807) is 17.4 Å². The highest BCUT2D eigenvalue weighted by atomic mass is 35.5. The molecule has 0 radical (unpaired) electrons. The molecule has 1 aromatic carbocycles. The van der Waals surface area contributed by atoms with Gasteiger partial charge in [-0.3, -0.25) is 0 Å². The standard InChI is InChI=1S/C16H16Cl2N2S/c17-10-8-12-11(4-1-2-6-19)16(14-5-3-7-21-14)20-15(12)13(18)9-10/h3,5,7-9,20H,1-2,4,6,19H2. The van der Waals surface area contributed by atoms with Gasteiger partial charge in [-0.05, 0) is 54.9 Å². The average Bonchev–Trinajstić information content (AvgIpc) is 3.07. The molecule has 0 saturated heterocycles. The molecule has 0 spiro atoms. The van der Waals surface area contributed by atoms with Crippen LogP contribution in [0.1, 0.15) is 18.4 Å². The summed E-state index contributed by atoms with van der Waals surface area (Å²) in [6, 6.07) is 7.96. The molecule has 0 aliphatic rings. The largest absolute Gasteiger partial charge is 0.352 e. The first-order chi connectivity index (χ1) is 10.2. The fourth-order valence-corrected chi connectivity index (χ4v) is 3.90. The van der Waals surface area contributed by atoms with Crippen LogP contribution < -0.4 is 5.73 Å². The van der Waals surface area contributed by atoms with Crippen LogP contribution in [0.15, 0.2) is 29.6 Å². The molecule has 3 aromatic rings. The number of benzene rings is 1. The first-order valence-electron chi connectivity index (χ1n) is 6.94. The lowest BCUT2D eigenvalue weighted by atomic mass is 10.0. The minimum absolute atomic E-state index is 0.667. The third kappa shape index (κ3) is 2.97. The van der Waals surface area contributed by atoms with Crippen molar-refractivity contribution in [1.29, 1.82) is 0 Å². The summed E-state index contributed by atoms with van der Waals surface area (Å²) >= 11 is 14.2. The summed E-state index contributed by atoms with van der Waals surface area (Å²) in [5.74, 6) is 0. The highest BCUT2D eigenvalue weighted by molar-refractivity contribution is 7.13. The Morgan fingerprint density at radius 3 is 2.76 bits per heavy atom. The van der Waals surface area contributed by atoms with Crippen molar-refractivity contribution in [3.05, 3.63) is 45.3 Å². The number of rotatable bonds is 5. The van der Waals surface area contributed by atoms with Crippen LogP contribution in [0, 0.1) is 0 Å². The Morgan fingerprint density at radius 2 is 2.05 bits per heavy atom. The predicted octanol–water partition coefficient (Wildman–Crippen LogP) is 5.48. The Balaban J connectivity index is 2.16. The number of fused-ring (bicyclic) bond motifs is 1. The van der Waals surface area contributed by atoms with Gasteiger partial charge in [0, 0.05) is 10.4 Å². The zero-order valence-electron chi connectivity index (χ0n) is 11.5. The molecule has 0 amide bonds. The summed E-state index contributed by atoms with van der Waals surface area (Å²) in [6.45, 7) is 0.720. The molecule has 0 bridgehead atoms. The highest BCUT2D eigenvalue weighted by Crippen LogP contribution is 2.38. The maximum absolute atomic E-state index is 6.34. The minimum atomic E-state index is 0.667. The van der Waals surface area contributed by atoms with E-state index in [9.17, 15) is 0 Å². The molecule has 0 atom stereocenters. The van der Waals surface area contributed by atoms with Crippen LogP contribution >= 0.6 is 34.5 Å². The number of H-pyrrole nitrogens is 1. The summed E-state index contributed by atoms with van der Waals surface area (Å²) in [6.07, 6.45) is 3.05. The minimum Gasteiger partial charge on any atom is -0.352 e. The van der Waals surface area contributed by atoms with Crippen LogP contribution in [-0.4, -0.2) is 11.5 Å². The molecule has 0 saturated carbocycles. The molecule has 110 valence electrons. The van der Waals surface area contributed by atoms with Gasteiger partial charge in [-0.1, -0.05) is 29.3 Å². The monoisotopic (exact) mass is 338 g/mol. The van der Waals surface area contributed by atoms with Gasteiger partial charge in [0.05, 0.1) is 21.1 Å². The number of halogens is 2. The first-order valence-corrected chi connectivity index (χ1v) is 8.58. The predicted molar refractivity (Wildman–Crippen MR) is 93.6 cm³/mol. The summed E-state index contributed by atoms with van der Waals surface area (Å²) in [5, 5.41) is 4.54. The number of aryl methyl sites for hydroxylation is 1. The maximum atomic E-state index is 6.34. The number of hydrogen-bond donors (Lipinski definition) is 2. The molecule has 2 heterocycles. The van der Waals surface area contributed by atoms with Gasteiger partial charge in [-0.15, -0.1) is 11.3 Å². The van der Waals surface area contributed by atoms with Crippen molar-refractivity contribution in [3.63, 3.8) is 0 Å². The zero-order valence-corrected chi connectivity index (χ0v) is 13.8.